The molecule has 0 saturated carbocycles. The molecule has 0 spiro atoms. The number of benzene rings is 3. The van der Waals surface area contributed by atoms with Gasteiger partial charge in [-0.25, -0.2) is 14.3 Å². The van der Waals surface area contributed by atoms with Gasteiger partial charge in [0.05, 0.1) is 34.0 Å². The molecule has 0 amide bonds. The van der Waals surface area contributed by atoms with E-state index in [1.165, 1.54) is 15.4 Å². The maximum atomic E-state index is 14.4. The Kier molecular flexibility index (Phi) is 10.1. The number of ether oxygens (including phenoxy) is 4. The number of aromatic nitrogens is 3. The molecule has 2 aliphatic rings. The number of nitrogens with one attached hydrogen (secondary N) is 1. The zero-order valence-electron chi connectivity index (χ0n) is 28.9. The largest absolute Gasteiger partial charge is 0.497 e. The van der Waals surface area contributed by atoms with Gasteiger partial charge in [0.2, 0.25) is 0 Å². The Balaban J connectivity index is 1.30. The molecule has 2 aliphatic heterocycles. The van der Waals surface area contributed by atoms with E-state index in [2.05, 4.69) is 9.97 Å². The average molecular weight is 727 g/mol. The first-order valence-corrected chi connectivity index (χ1v) is 18.3. The van der Waals surface area contributed by atoms with Crippen LogP contribution in [0.3, 0.4) is 0 Å². The number of aromatic amines is 1. The van der Waals surface area contributed by atoms with Gasteiger partial charge in [-0.15, -0.1) is 0 Å². The first-order valence-electron chi connectivity index (χ1n) is 16.8. The van der Waals surface area contributed by atoms with E-state index < -0.39 is 43.0 Å². The minimum absolute atomic E-state index is 0.0746. The number of methoxy groups -OCH3 is 2. The molecule has 0 radical (unpaired) electrons. The number of H-pyrrole nitrogens is 1. The Morgan fingerprint density at radius 1 is 0.885 bits per heavy atom. The molecule has 0 bridgehead atoms. The second kappa shape index (κ2) is 14.9. The number of aryl methyl sites for hydroxylation is 1. The van der Waals surface area contributed by atoms with Crippen LogP contribution in [-0.2, 0) is 28.7 Å². The summed E-state index contributed by atoms with van der Waals surface area (Å²) in [6.07, 6.45) is 0.543. The summed E-state index contributed by atoms with van der Waals surface area (Å²) >= 11 is 0. The van der Waals surface area contributed by atoms with E-state index in [9.17, 15) is 14.2 Å². The van der Waals surface area contributed by atoms with Gasteiger partial charge in [-0.3, -0.25) is 28.1 Å². The van der Waals surface area contributed by atoms with E-state index in [-0.39, 0.29) is 19.6 Å². The Hall–Kier alpha value is -5.04. The molecule has 1 unspecified atom stereocenters. The molecule has 52 heavy (non-hydrogen) atoms. The third kappa shape index (κ3) is 6.81. The van der Waals surface area contributed by atoms with Crippen LogP contribution >= 0.6 is 7.75 Å². The van der Waals surface area contributed by atoms with Crippen molar-refractivity contribution in [3.8, 4) is 11.5 Å². The van der Waals surface area contributed by atoms with Crippen molar-refractivity contribution in [1.82, 2.24) is 14.5 Å². The SMILES string of the molecule is COc1ccc(C(OC[C@H]2O[C@@H](n3cc(C)c(=O)[nH]c3=O)C[C@@H]2OP2(=O)OCCN2c2ccccn2)(c2ccccc2)c2ccc(OC)cc2)cc1. The third-order valence-electron chi connectivity index (χ3n) is 9.31. The van der Waals surface area contributed by atoms with E-state index in [4.69, 9.17) is 28.0 Å². The van der Waals surface area contributed by atoms with Crippen LogP contribution in [0.25, 0.3) is 0 Å². The fourth-order valence-corrected chi connectivity index (χ4v) is 8.54. The molecule has 4 atom stereocenters. The zero-order valence-corrected chi connectivity index (χ0v) is 29.8. The van der Waals surface area contributed by atoms with Gasteiger partial charge in [-0.1, -0.05) is 60.7 Å². The summed E-state index contributed by atoms with van der Waals surface area (Å²) < 4.78 is 54.1. The van der Waals surface area contributed by atoms with Gasteiger partial charge in [0.1, 0.15) is 41.4 Å². The molecule has 2 fully saturated rings. The Morgan fingerprint density at radius 2 is 1.52 bits per heavy atom. The van der Waals surface area contributed by atoms with Gasteiger partial charge in [-0.05, 0) is 60.0 Å². The lowest BCUT2D eigenvalue weighted by molar-refractivity contribution is -0.0924. The molecule has 4 heterocycles. The number of rotatable bonds is 12. The normalized spacial score (nSPS) is 21.7. The predicted octanol–water partition coefficient (Wildman–Crippen LogP) is 5.58. The molecule has 7 rings (SSSR count). The van der Waals surface area contributed by atoms with Crippen molar-refractivity contribution in [2.45, 2.75) is 37.4 Å². The van der Waals surface area contributed by atoms with Crippen LogP contribution in [0.4, 0.5) is 5.82 Å². The maximum Gasteiger partial charge on any atom is 0.436 e. The Labute approximate surface area is 300 Å². The van der Waals surface area contributed by atoms with Crippen molar-refractivity contribution in [2.75, 3.05) is 38.6 Å². The maximum absolute atomic E-state index is 14.4. The van der Waals surface area contributed by atoms with Gasteiger partial charge in [0.15, 0.2) is 0 Å². The quantitative estimate of drug-likeness (QED) is 0.127. The van der Waals surface area contributed by atoms with Gasteiger partial charge in [0, 0.05) is 24.4 Å². The molecule has 1 N–H and O–H groups in total. The fraction of sp³-hybridized carbons (Fsp3) is 0.289. The van der Waals surface area contributed by atoms with E-state index in [0.717, 1.165) is 16.7 Å². The molecule has 14 heteroatoms. The summed E-state index contributed by atoms with van der Waals surface area (Å²) in [5.41, 5.74) is 0.442. The fourth-order valence-electron chi connectivity index (χ4n) is 6.65. The molecule has 5 aromatic rings. The standard InChI is InChI=1S/C38H39N4O9P/c1-26-24-41(37(44)40-36(26)43)35-23-32(51-52(45)42(21-22-49-52)34-11-7-8-20-39-34)33(50-35)25-48-38(27-9-5-4-6-10-27,28-12-16-30(46-2)17-13-28)29-14-18-31(47-3)19-15-29/h4-20,24,32-33,35H,21-23,25H2,1-3H3,(H,40,43,44)/t32-,33+,35+,52?/m0/s1. The average Bonchev–Trinajstić information content (AvgIpc) is 3.76. The number of hydrogen-bond donors (Lipinski definition) is 1. The highest BCUT2D eigenvalue weighted by Crippen LogP contribution is 2.59. The van der Waals surface area contributed by atoms with Gasteiger partial charge in [-0.2, -0.15) is 0 Å². The Bertz CT molecular complexity index is 2100. The summed E-state index contributed by atoms with van der Waals surface area (Å²) in [5, 5.41) is 0. The number of nitrogens with zero attached hydrogens (tertiary/aromatic N) is 3. The van der Waals surface area contributed by atoms with Crippen LogP contribution in [0.1, 0.15) is 34.9 Å². The lowest BCUT2D eigenvalue weighted by Crippen LogP contribution is -2.39. The molecule has 270 valence electrons. The van der Waals surface area contributed by atoms with Crippen LogP contribution in [0, 0.1) is 6.92 Å². The highest BCUT2D eigenvalue weighted by molar-refractivity contribution is 7.56. The van der Waals surface area contributed by atoms with Gasteiger partial charge >= 0.3 is 13.4 Å². The van der Waals surface area contributed by atoms with Crippen LogP contribution in [0.15, 0.2) is 119 Å². The van der Waals surface area contributed by atoms with Crippen LogP contribution in [-0.4, -0.2) is 60.7 Å². The lowest BCUT2D eigenvalue weighted by atomic mass is 9.80. The molecular weight excluding hydrogens is 687 g/mol. The second-order valence-corrected chi connectivity index (χ2v) is 14.3. The van der Waals surface area contributed by atoms with Crippen LogP contribution < -0.4 is 25.4 Å². The summed E-state index contributed by atoms with van der Waals surface area (Å²) in [7, 11) is -0.714. The van der Waals surface area contributed by atoms with Crippen LogP contribution in [0.2, 0.25) is 0 Å². The minimum atomic E-state index is -3.93. The van der Waals surface area contributed by atoms with E-state index in [1.807, 2.05) is 78.9 Å². The number of pyridine rings is 1. The van der Waals surface area contributed by atoms with Gasteiger partial charge in [0.25, 0.3) is 5.56 Å². The smallest absolute Gasteiger partial charge is 0.436 e. The summed E-state index contributed by atoms with van der Waals surface area (Å²) in [5.74, 6) is 1.80. The number of hydrogen-bond acceptors (Lipinski definition) is 10. The molecule has 2 saturated heterocycles. The van der Waals surface area contributed by atoms with Crippen molar-refractivity contribution in [2.24, 2.45) is 0 Å². The topological polar surface area (TPSA) is 143 Å². The van der Waals surface area contributed by atoms with Crippen LogP contribution in [0.5, 0.6) is 11.5 Å². The highest BCUT2D eigenvalue weighted by atomic mass is 31.2. The van der Waals surface area contributed by atoms with Crippen molar-refractivity contribution in [1.29, 1.82) is 0 Å². The molecule has 13 nitrogen and oxygen atoms in total. The van der Waals surface area contributed by atoms with Gasteiger partial charge < -0.3 is 18.9 Å². The van der Waals surface area contributed by atoms with Crippen molar-refractivity contribution in [3.05, 3.63) is 153 Å². The van der Waals surface area contributed by atoms with Crippen molar-refractivity contribution < 1.29 is 32.6 Å². The zero-order chi connectivity index (χ0) is 36.3. The van der Waals surface area contributed by atoms with Crippen molar-refractivity contribution in [3.63, 3.8) is 0 Å². The van der Waals surface area contributed by atoms with Crippen molar-refractivity contribution >= 4 is 13.6 Å². The Morgan fingerprint density at radius 3 is 2.13 bits per heavy atom. The molecular formula is C38H39N4O9P. The molecule has 3 aromatic carbocycles. The summed E-state index contributed by atoms with van der Waals surface area (Å²) in [4.78, 5) is 32.0. The van der Waals surface area contributed by atoms with E-state index in [0.29, 0.717) is 29.4 Å². The number of anilines is 1. The van der Waals surface area contributed by atoms with E-state index in [1.54, 1.807) is 45.5 Å². The minimum Gasteiger partial charge on any atom is -0.497 e. The highest BCUT2D eigenvalue weighted by Gasteiger charge is 2.49. The first-order chi connectivity index (χ1) is 25.2. The predicted molar refractivity (Wildman–Crippen MR) is 193 cm³/mol. The molecule has 0 aliphatic carbocycles. The van der Waals surface area contributed by atoms with E-state index >= 15 is 0 Å². The third-order valence-corrected chi connectivity index (χ3v) is 11.4. The lowest BCUT2D eigenvalue weighted by Gasteiger charge is -2.37. The first kappa shape index (κ1) is 35.4. The summed E-state index contributed by atoms with van der Waals surface area (Å²) in [6, 6.07) is 30.3. The second-order valence-electron chi connectivity index (χ2n) is 12.4. The molecule has 2 aromatic heterocycles. The summed E-state index contributed by atoms with van der Waals surface area (Å²) in [6.45, 7) is 1.99. The monoisotopic (exact) mass is 726 g/mol.